The third kappa shape index (κ3) is 2.62. The van der Waals surface area contributed by atoms with Gasteiger partial charge in [0.1, 0.15) is 0 Å². The van der Waals surface area contributed by atoms with Crippen LogP contribution < -0.4 is 5.32 Å². The highest BCUT2D eigenvalue weighted by Crippen LogP contribution is 2.24. The number of fused-ring (bicyclic) bond motifs is 1. The zero-order valence-corrected chi connectivity index (χ0v) is 12.3. The van der Waals surface area contributed by atoms with Gasteiger partial charge in [-0.25, -0.2) is 0 Å². The normalized spacial score (nSPS) is 10.9. The molecule has 0 bridgehead atoms. The molecule has 1 N–H and O–H groups in total. The average molecular weight is 305 g/mol. The Morgan fingerprint density at radius 1 is 0.900 bits per heavy atom. The second-order valence-corrected chi connectivity index (χ2v) is 5.40. The molecule has 0 radical (unpaired) electrons. The quantitative estimate of drug-likeness (QED) is 0.713. The molecule has 1 aromatic heterocycles. The molecular weight excluding hydrogens is 291 g/mol. The average Bonchev–Trinajstić information content (AvgIpc) is 2.86. The van der Waals surface area contributed by atoms with Crippen LogP contribution in [-0.2, 0) is 6.54 Å². The number of rotatable bonds is 4. The first-order chi connectivity index (χ1) is 9.75. The third-order valence-electron chi connectivity index (χ3n) is 3.30. The van der Waals surface area contributed by atoms with Crippen LogP contribution in [0, 0.1) is 0 Å². The fourth-order valence-electron chi connectivity index (χ4n) is 2.30. The Hall–Kier alpha value is -1.64. The van der Waals surface area contributed by atoms with Crippen molar-refractivity contribution >= 4 is 39.8 Å². The Morgan fingerprint density at radius 2 is 1.70 bits per heavy atom. The number of hydrogen-bond donors (Lipinski definition) is 1. The first kappa shape index (κ1) is 13.3. The van der Waals surface area contributed by atoms with Crippen molar-refractivity contribution < 1.29 is 0 Å². The fraction of sp³-hybridized carbons (Fsp3) is 0.125. The van der Waals surface area contributed by atoms with Gasteiger partial charge in [-0.3, -0.25) is 0 Å². The van der Waals surface area contributed by atoms with Crippen LogP contribution in [0.4, 0.5) is 5.69 Å². The molecule has 0 aliphatic heterocycles. The van der Waals surface area contributed by atoms with E-state index in [4.69, 9.17) is 23.2 Å². The highest BCUT2D eigenvalue weighted by atomic mass is 35.5. The topological polar surface area (TPSA) is 17.0 Å². The summed E-state index contributed by atoms with van der Waals surface area (Å²) in [5.74, 6) is 0. The third-order valence-corrected chi connectivity index (χ3v) is 3.96. The Morgan fingerprint density at radius 3 is 2.55 bits per heavy atom. The van der Waals surface area contributed by atoms with E-state index in [0.717, 1.165) is 39.7 Å². The Kier molecular flexibility index (Phi) is 3.86. The van der Waals surface area contributed by atoms with Crippen LogP contribution in [0.25, 0.3) is 10.9 Å². The summed E-state index contributed by atoms with van der Waals surface area (Å²) in [5, 5.41) is 5.97. The summed E-state index contributed by atoms with van der Waals surface area (Å²) < 4.78 is 2.19. The second kappa shape index (κ2) is 5.78. The molecule has 1 heterocycles. The minimum absolute atomic E-state index is 0.743. The molecule has 102 valence electrons. The highest BCUT2D eigenvalue weighted by Gasteiger charge is 2.04. The van der Waals surface area contributed by atoms with E-state index in [0.29, 0.717) is 0 Å². The lowest BCUT2D eigenvalue weighted by atomic mass is 10.2. The van der Waals surface area contributed by atoms with Crippen LogP contribution in [0.15, 0.2) is 54.7 Å². The van der Waals surface area contributed by atoms with Crippen molar-refractivity contribution in [1.29, 1.82) is 0 Å². The molecule has 0 saturated carbocycles. The van der Waals surface area contributed by atoms with Gasteiger partial charge in [-0.05, 0) is 30.3 Å². The van der Waals surface area contributed by atoms with Gasteiger partial charge < -0.3 is 9.88 Å². The zero-order chi connectivity index (χ0) is 13.9. The van der Waals surface area contributed by atoms with Gasteiger partial charge >= 0.3 is 0 Å². The maximum Gasteiger partial charge on any atom is 0.0637 e. The van der Waals surface area contributed by atoms with Gasteiger partial charge in [0.25, 0.3) is 0 Å². The van der Waals surface area contributed by atoms with Crippen molar-refractivity contribution in [3.8, 4) is 0 Å². The smallest absolute Gasteiger partial charge is 0.0637 e. The van der Waals surface area contributed by atoms with Crippen molar-refractivity contribution in [2.45, 2.75) is 6.54 Å². The number of halogens is 2. The number of anilines is 1. The summed E-state index contributed by atoms with van der Waals surface area (Å²) in [6, 6.07) is 15.8. The van der Waals surface area contributed by atoms with Gasteiger partial charge in [-0.2, -0.15) is 0 Å². The van der Waals surface area contributed by atoms with Crippen molar-refractivity contribution in [1.82, 2.24) is 4.57 Å². The molecule has 4 heteroatoms. The number of aromatic nitrogens is 1. The van der Waals surface area contributed by atoms with Gasteiger partial charge in [0.15, 0.2) is 0 Å². The molecule has 0 fully saturated rings. The predicted octanol–water partition coefficient (Wildman–Crippen LogP) is 5.06. The number of hydrogen-bond acceptors (Lipinski definition) is 1. The summed E-state index contributed by atoms with van der Waals surface area (Å²) in [4.78, 5) is 0. The maximum absolute atomic E-state index is 6.17. The van der Waals surface area contributed by atoms with Gasteiger partial charge in [-0.1, -0.05) is 41.4 Å². The van der Waals surface area contributed by atoms with Crippen molar-refractivity contribution in [2.75, 3.05) is 11.9 Å². The number of nitrogens with zero attached hydrogens (tertiary/aromatic N) is 1. The van der Waals surface area contributed by atoms with Crippen LogP contribution in [0.5, 0.6) is 0 Å². The van der Waals surface area contributed by atoms with Gasteiger partial charge in [-0.15, -0.1) is 0 Å². The van der Waals surface area contributed by atoms with E-state index in [1.807, 2.05) is 42.5 Å². The van der Waals surface area contributed by atoms with E-state index < -0.39 is 0 Å². The Balaban J connectivity index is 1.72. The standard InChI is InChI=1S/C16H14Cl2N2/c17-13-5-3-7-16-12(13)8-10-20(16)11-9-19-15-6-2-1-4-14(15)18/h1-8,10,19H,9,11H2. The number of benzene rings is 2. The summed E-state index contributed by atoms with van der Waals surface area (Å²) in [6.07, 6.45) is 2.06. The molecule has 0 amide bonds. The van der Waals surface area contributed by atoms with Crippen LogP contribution in [0.2, 0.25) is 10.0 Å². The lowest BCUT2D eigenvalue weighted by Crippen LogP contribution is -2.09. The van der Waals surface area contributed by atoms with E-state index >= 15 is 0 Å². The molecule has 3 aromatic rings. The van der Waals surface area contributed by atoms with Gasteiger partial charge in [0.2, 0.25) is 0 Å². The molecule has 0 atom stereocenters. The second-order valence-electron chi connectivity index (χ2n) is 4.59. The Labute approximate surface area is 127 Å². The molecule has 0 aliphatic rings. The molecule has 2 nitrogen and oxygen atoms in total. The van der Waals surface area contributed by atoms with Crippen LogP contribution >= 0.6 is 23.2 Å². The van der Waals surface area contributed by atoms with Gasteiger partial charge in [0.05, 0.1) is 10.7 Å². The van der Waals surface area contributed by atoms with E-state index in [1.54, 1.807) is 0 Å². The summed E-state index contributed by atoms with van der Waals surface area (Å²) in [6.45, 7) is 1.66. The highest BCUT2D eigenvalue weighted by molar-refractivity contribution is 6.35. The van der Waals surface area contributed by atoms with Gasteiger partial charge in [0, 0.05) is 35.2 Å². The van der Waals surface area contributed by atoms with E-state index in [9.17, 15) is 0 Å². The predicted molar refractivity (Wildman–Crippen MR) is 86.9 cm³/mol. The van der Waals surface area contributed by atoms with Crippen molar-refractivity contribution in [2.24, 2.45) is 0 Å². The fourth-order valence-corrected chi connectivity index (χ4v) is 2.73. The summed E-state index contributed by atoms with van der Waals surface area (Å²) in [5.41, 5.74) is 2.11. The van der Waals surface area contributed by atoms with Crippen molar-refractivity contribution in [3.05, 3.63) is 64.8 Å². The first-order valence-corrected chi connectivity index (χ1v) is 7.23. The maximum atomic E-state index is 6.17. The minimum atomic E-state index is 0.743. The van der Waals surface area contributed by atoms with Crippen LogP contribution in [0.1, 0.15) is 0 Å². The largest absolute Gasteiger partial charge is 0.382 e. The summed E-state index contributed by atoms with van der Waals surface area (Å²) in [7, 11) is 0. The zero-order valence-electron chi connectivity index (χ0n) is 10.8. The molecule has 3 rings (SSSR count). The van der Waals surface area contributed by atoms with E-state index in [2.05, 4.69) is 22.1 Å². The van der Waals surface area contributed by atoms with Crippen molar-refractivity contribution in [3.63, 3.8) is 0 Å². The molecule has 0 unspecified atom stereocenters. The van der Waals surface area contributed by atoms with E-state index in [1.165, 1.54) is 0 Å². The monoisotopic (exact) mass is 304 g/mol. The molecule has 0 aliphatic carbocycles. The minimum Gasteiger partial charge on any atom is -0.382 e. The molecule has 0 spiro atoms. The molecule has 20 heavy (non-hydrogen) atoms. The number of nitrogens with one attached hydrogen (secondary N) is 1. The lowest BCUT2D eigenvalue weighted by molar-refractivity contribution is 0.757. The summed E-state index contributed by atoms with van der Waals surface area (Å²) >= 11 is 12.3. The SMILES string of the molecule is Clc1ccccc1NCCn1ccc2c(Cl)cccc21. The van der Waals surface area contributed by atoms with Crippen LogP contribution in [0.3, 0.4) is 0 Å². The lowest BCUT2D eigenvalue weighted by Gasteiger charge is -2.10. The molecular formula is C16H14Cl2N2. The van der Waals surface area contributed by atoms with E-state index in [-0.39, 0.29) is 0 Å². The first-order valence-electron chi connectivity index (χ1n) is 6.47. The van der Waals surface area contributed by atoms with Crippen LogP contribution in [-0.4, -0.2) is 11.1 Å². The molecule has 2 aromatic carbocycles. The Bertz CT molecular complexity index is 734. The molecule has 0 saturated heterocycles. The number of para-hydroxylation sites is 1.